The molecule has 0 bridgehead atoms. The van der Waals surface area contributed by atoms with Crippen molar-refractivity contribution in [2.24, 2.45) is 0 Å². The molecule has 0 atom stereocenters. The van der Waals surface area contributed by atoms with Crippen LogP contribution in [0.4, 0.5) is 5.69 Å². The Balaban J connectivity index is 1.88. The van der Waals surface area contributed by atoms with E-state index in [1.165, 1.54) is 0 Å². The third-order valence-electron chi connectivity index (χ3n) is 4.12. The molecule has 7 heteroatoms. The number of morpholine rings is 1. The van der Waals surface area contributed by atoms with Crippen LogP contribution in [0.15, 0.2) is 53.4 Å². The molecule has 0 aliphatic carbocycles. The predicted octanol–water partition coefficient (Wildman–Crippen LogP) is 2.01. The van der Waals surface area contributed by atoms with E-state index in [1.807, 2.05) is 35.2 Å². The van der Waals surface area contributed by atoms with E-state index in [4.69, 9.17) is 9.47 Å². The van der Waals surface area contributed by atoms with Crippen molar-refractivity contribution in [1.82, 2.24) is 4.72 Å². The second kappa shape index (κ2) is 7.86. The van der Waals surface area contributed by atoms with Gasteiger partial charge in [0.05, 0.1) is 26.0 Å². The molecule has 0 spiro atoms. The van der Waals surface area contributed by atoms with Gasteiger partial charge >= 0.3 is 0 Å². The summed E-state index contributed by atoms with van der Waals surface area (Å²) in [6.07, 6.45) is 0. The van der Waals surface area contributed by atoms with E-state index in [9.17, 15) is 8.42 Å². The van der Waals surface area contributed by atoms with Crippen LogP contribution in [0.3, 0.4) is 0 Å². The monoisotopic (exact) mass is 362 g/mol. The van der Waals surface area contributed by atoms with Gasteiger partial charge in [-0.25, -0.2) is 13.1 Å². The van der Waals surface area contributed by atoms with Gasteiger partial charge in [0.2, 0.25) is 10.0 Å². The van der Waals surface area contributed by atoms with Crippen LogP contribution in [0.2, 0.25) is 0 Å². The van der Waals surface area contributed by atoms with Gasteiger partial charge in [0.25, 0.3) is 0 Å². The van der Waals surface area contributed by atoms with Gasteiger partial charge in [-0.05, 0) is 17.7 Å². The van der Waals surface area contributed by atoms with Crippen LogP contribution in [0.25, 0.3) is 0 Å². The molecular formula is C18H22N2O4S. The largest absolute Gasteiger partial charge is 0.497 e. The maximum Gasteiger partial charge on any atom is 0.242 e. The van der Waals surface area contributed by atoms with E-state index in [0.29, 0.717) is 37.7 Å². The molecule has 3 rings (SSSR count). The van der Waals surface area contributed by atoms with Crippen LogP contribution in [0, 0.1) is 0 Å². The van der Waals surface area contributed by atoms with Crippen molar-refractivity contribution in [1.29, 1.82) is 0 Å². The number of hydrogen-bond donors (Lipinski definition) is 1. The lowest BCUT2D eigenvalue weighted by Gasteiger charge is -2.30. The number of ether oxygens (including phenoxy) is 2. The summed E-state index contributed by atoms with van der Waals surface area (Å²) in [5.41, 5.74) is 1.55. The van der Waals surface area contributed by atoms with E-state index in [1.54, 1.807) is 25.3 Å². The fraction of sp³-hybridized carbons (Fsp3) is 0.333. The molecular weight excluding hydrogens is 340 g/mol. The molecule has 1 heterocycles. The Labute approximate surface area is 148 Å². The average Bonchev–Trinajstić information content (AvgIpc) is 2.67. The van der Waals surface area contributed by atoms with Gasteiger partial charge in [-0.15, -0.1) is 0 Å². The van der Waals surface area contributed by atoms with Gasteiger partial charge in [-0.1, -0.05) is 30.3 Å². The minimum absolute atomic E-state index is 0.248. The van der Waals surface area contributed by atoms with Crippen LogP contribution in [0.1, 0.15) is 5.56 Å². The van der Waals surface area contributed by atoms with E-state index in [-0.39, 0.29) is 11.4 Å². The Bertz CT molecular complexity index is 803. The van der Waals surface area contributed by atoms with Gasteiger partial charge in [0, 0.05) is 25.7 Å². The molecule has 0 aromatic heterocycles. The first-order valence-corrected chi connectivity index (χ1v) is 9.63. The van der Waals surface area contributed by atoms with Crippen LogP contribution < -0.4 is 14.4 Å². The number of nitrogens with zero attached hydrogens (tertiary/aromatic N) is 1. The van der Waals surface area contributed by atoms with Crippen LogP contribution in [0.5, 0.6) is 5.75 Å². The van der Waals surface area contributed by atoms with Crippen molar-refractivity contribution in [2.45, 2.75) is 11.4 Å². The van der Waals surface area contributed by atoms with Crippen molar-refractivity contribution in [3.63, 3.8) is 0 Å². The number of methoxy groups -OCH3 is 1. The summed E-state index contributed by atoms with van der Waals surface area (Å²) < 4.78 is 39.0. The fourth-order valence-electron chi connectivity index (χ4n) is 2.75. The second-order valence-electron chi connectivity index (χ2n) is 5.74. The number of rotatable bonds is 6. The molecule has 1 fully saturated rings. The lowest BCUT2D eigenvalue weighted by molar-refractivity contribution is 0.122. The zero-order valence-corrected chi connectivity index (χ0v) is 15.0. The topological polar surface area (TPSA) is 67.9 Å². The maximum atomic E-state index is 12.9. The van der Waals surface area contributed by atoms with Gasteiger partial charge in [0.1, 0.15) is 10.6 Å². The zero-order valence-electron chi connectivity index (χ0n) is 14.1. The predicted molar refractivity (Wildman–Crippen MR) is 96.5 cm³/mol. The first-order chi connectivity index (χ1) is 12.1. The van der Waals surface area contributed by atoms with Crippen LogP contribution >= 0.6 is 0 Å². The Morgan fingerprint density at radius 1 is 1.12 bits per heavy atom. The summed E-state index contributed by atoms with van der Waals surface area (Å²) in [6, 6.07) is 14.5. The summed E-state index contributed by atoms with van der Waals surface area (Å²) >= 11 is 0. The number of sulfonamides is 1. The smallest absolute Gasteiger partial charge is 0.242 e. The minimum Gasteiger partial charge on any atom is -0.497 e. The van der Waals surface area contributed by atoms with E-state index in [2.05, 4.69) is 4.72 Å². The standard InChI is InChI=1S/C18H22N2O4S/c1-23-16-7-8-18(17(13-16)20-9-11-24-12-10-20)25(21,22)19-14-15-5-3-2-4-6-15/h2-8,13,19H,9-12,14H2,1H3. The fourth-order valence-corrected chi connectivity index (χ4v) is 3.98. The van der Waals surface area contributed by atoms with Gasteiger partial charge in [0.15, 0.2) is 0 Å². The van der Waals surface area contributed by atoms with Crippen molar-refractivity contribution in [2.75, 3.05) is 38.3 Å². The van der Waals surface area contributed by atoms with Gasteiger partial charge in [-0.2, -0.15) is 0 Å². The Morgan fingerprint density at radius 3 is 2.52 bits per heavy atom. The molecule has 1 aliphatic rings. The number of hydrogen-bond acceptors (Lipinski definition) is 5. The highest BCUT2D eigenvalue weighted by Gasteiger charge is 2.24. The summed E-state index contributed by atoms with van der Waals surface area (Å²) in [4.78, 5) is 2.27. The van der Waals surface area contributed by atoms with Crippen LogP contribution in [-0.4, -0.2) is 41.8 Å². The highest BCUT2D eigenvalue weighted by Crippen LogP contribution is 2.30. The van der Waals surface area contributed by atoms with E-state index < -0.39 is 10.0 Å². The third kappa shape index (κ3) is 4.31. The lowest BCUT2D eigenvalue weighted by atomic mass is 10.2. The molecule has 0 unspecified atom stereocenters. The van der Waals surface area contributed by atoms with Crippen molar-refractivity contribution in [3.8, 4) is 5.75 Å². The molecule has 1 aliphatic heterocycles. The average molecular weight is 362 g/mol. The molecule has 134 valence electrons. The summed E-state index contributed by atoms with van der Waals surface area (Å²) in [6.45, 7) is 2.70. The highest BCUT2D eigenvalue weighted by molar-refractivity contribution is 7.89. The molecule has 0 radical (unpaired) electrons. The number of benzene rings is 2. The van der Waals surface area contributed by atoms with E-state index in [0.717, 1.165) is 5.56 Å². The normalized spacial score (nSPS) is 15.2. The summed E-state index contributed by atoms with van der Waals surface area (Å²) in [7, 11) is -2.08. The highest BCUT2D eigenvalue weighted by atomic mass is 32.2. The lowest BCUT2D eigenvalue weighted by Crippen LogP contribution is -2.37. The molecule has 2 aromatic rings. The molecule has 1 N–H and O–H groups in total. The van der Waals surface area contributed by atoms with E-state index >= 15 is 0 Å². The number of nitrogens with one attached hydrogen (secondary N) is 1. The van der Waals surface area contributed by atoms with Crippen molar-refractivity contribution in [3.05, 3.63) is 54.1 Å². The summed E-state index contributed by atoms with van der Waals surface area (Å²) in [5, 5.41) is 0. The maximum absolute atomic E-state index is 12.9. The molecule has 1 saturated heterocycles. The minimum atomic E-state index is -3.65. The summed E-state index contributed by atoms with van der Waals surface area (Å²) in [5.74, 6) is 0.628. The van der Waals surface area contributed by atoms with Crippen LogP contribution in [-0.2, 0) is 21.3 Å². The Kier molecular flexibility index (Phi) is 5.57. The number of anilines is 1. The quantitative estimate of drug-likeness (QED) is 0.851. The first-order valence-electron chi connectivity index (χ1n) is 8.14. The Hall–Kier alpha value is -2.09. The second-order valence-corrected chi connectivity index (χ2v) is 7.48. The molecule has 2 aromatic carbocycles. The van der Waals surface area contributed by atoms with Crippen molar-refractivity contribution < 1.29 is 17.9 Å². The third-order valence-corrected chi connectivity index (χ3v) is 5.57. The molecule has 0 saturated carbocycles. The first kappa shape index (κ1) is 17.7. The van der Waals surface area contributed by atoms with Crippen molar-refractivity contribution >= 4 is 15.7 Å². The zero-order chi connectivity index (χ0) is 17.7. The van der Waals surface area contributed by atoms with Gasteiger partial charge < -0.3 is 14.4 Å². The molecule has 0 amide bonds. The Morgan fingerprint density at radius 2 is 1.84 bits per heavy atom. The molecule has 25 heavy (non-hydrogen) atoms. The SMILES string of the molecule is COc1ccc(S(=O)(=O)NCc2ccccc2)c(N2CCOCC2)c1. The van der Waals surface area contributed by atoms with Gasteiger partial charge in [-0.3, -0.25) is 0 Å². The molecule has 6 nitrogen and oxygen atoms in total.